The number of benzene rings is 2. The van der Waals surface area contributed by atoms with Gasteiger partial charge in [0.25, 0.3) is 5.91 Å². The molecule has 3 rings (SSSR count). The molecular formula is C19H16ClFN4O3. The van der Waals surface area contributed by atoms with E-state index >= 15 is 0 Å². The Kier molecular flexibility index (Phi) is 5.41. The van der Waals surface area contributed by atoms with Crippen molar-refractivity contribution in [2.75, 3.05) is 5.32 Å². The van der Waals surface area contributed by atoms with Crippen molar-refractivity contribution in [2.45, 2.75) is 20.4 Å². The average molecular weight is 403 g/mol. The predicted octanol–water partition coefficient (Wildman–Crippen LogP) is 4.50. The zero-order valence-corrected chi connectivity index (χ0v) is 15.8. The molecule has 7 nitrogen and oxygen atoms in total. The van der Waals surface area contributed by atoms with Crippen molar-refractivity contribution < 1.29 is 14.1 Å². The average Bonchev–Trinajstić information content (AvgIpc) is 2.92. The van der Waals surface area contributed by atoms with Crippen LogP contribution in [-0.2, 0) is 6.54 Å². The molecule has 144 valence electrons. The number of nitrogens with zero attached hydrogens (tertiary/aromatic N) is 3. The zero-order chi connectivity index (χ0) is 20.4. The standard InChI is InChI=1S/C19H16ClFN4O3/c1-11-18(25(27)28)12(2)24(23-11)10-13-5-3-4-6-15(13)19(26)22-14-7-8-17(21)16(20)9-14/h3-9H,10H2,1-2H3,(H,22,26). The van der Waals surface area contributed by atoms with Crippen molar-refractivity contribution in [1.82, 2.24) is 9.78 Å². The van der Waals surface area contributed by atoms with Crippen molar-refractivity contribution in [3.8, 4) is 0 Å². The van der Waals surface area contributed by atoms with Gasteiger partial charge in [-0.05, 0) is 43.7 Å². The highest BCUT2D eigenvalue weighted by atomic mass is 35.5. The fourth-order valence-electron chi connectivity index (χ4n) is 2.92. The lowest BCUT2D eigenvalue weighted by molar-refractivity contribution is -0.386. The van der Waals surface area contributed by atoms with Crippen molar-refractivity contribution >= 4 is 28.9 Å². The fraction of sp³-hybridized carbons (Fsp3) is 0.158. The molecule has 1 aromatic heterocycles. The first-order chi connectivity index (χ1) is 13.3. The van der Waals surface area contributed by atoms with E-state index in [4.69, 9.17) is 11.6 Å². The lowest BCUT2D eigenvalue weighted by Gasteiger charge is -2.11. The van der Waals surface area contributed by atoms with E-state index in [1.165, 1.54) is 22.9 Å². The molecule has 0 saturated heterocycles. The topological polar surface area (TPSA) is 90.1 Å². The Labute approximate surface area is 164 Å². The summed E-state index contributed by atoms with van der Waals surface area (Å²) in [5.41, 5.74) is 2.04. The maximum Gasteiger partial charge on any atom is 0.312 e. The SMILES string of the molecule is Cc1nn(Cc2ccccc2C(=O)Nc2ccc(F)c(Cl)c2)c(C)c1[N+](=O)[O-]. The number of nitrogens with one attached hydrogen (secondary N) is 1. The Bertz CT molecular complexity index is 1080. The molecule has 1 amide bonds. The number of carbonyl (C=O) groups is 1. The van der Waals surface area contributed by atoms with Gasteiger partial charge in [0.1, 0.15) is 17.2 Å². The van der Waals surface area contributed by atoms with Crippen LogP contribution < -0.4 is 5.32 Å². The monoisotopic (exact) mass is 402 g/mol. The van der Waals surface area contributed by atoms with E-state index in [0.29, 0.717) is 28.2 Å². The van der Waals surface area contributed by atoms with Gasteiger partial charge in [-0.25, -0.2) is 4.39 Å². The number of hydrogen-bond acceptors (Lipinski definition) is 4. The van der Waals surface area contributed by atoms with Crippen molar-refractivity contribution in [1.29, 1.82) is 0 Å². The highest BCUT2D eigenvalue weighted by Crippen LogP contribution is 2.24. The molecule has 0 aliphatic rings. The number of carbonyl (C=O) groups excluding carboxylic acids is 1. The number of halogens is 2. The molecule has 3 aromatic rings. The molecule has 28 heavy (non-hydrogen) atoms. The second-order valence-electron chi connectivity index (χ2n) is 6.17. The lowest BCUT2D eigenvalue weighted by atomic mass is 10.1. The van der Waals surface area contributed by atoms with Gasteiger partial charge in [-0.15, -0.1) is 0 Å². The van der Waals surface area contributed by atoms with Gasteiger partial charge in [-0.2, -0.15) is 5.10 Å². The van der Waals surface area contributed by atoms with Gasteiger partial charge in [0.15, 0.2) is 0 Å². The Morgan fingerprint density at radius 3 is 2.64 bits per heavy atom. The Balaban J connectivity index is 1.89. The highest BCUT2D eigenvalue weighted by Gasteiger charge is 2.22. The minimum absolute atomic E-state index is 0.0390. The summed E-state index contributed by atoms with van der Waals surface area (Å²) in [7, 11) is 0. The predicted molar refractivity (Wildman–Crippen MR) is 103 cm³/mol. The molecule has 0 fully saturated rings. The van der Waals surface area contributed by atoms with Gasteiger partial charge < -0.3 is 5.32 Å². The van der Waals surface area contributed by atoms with Crippen LogP contribution in [0, 0.1) is 29.8 Å². The van der Waals surface area contributed by atoms with Crippen LogP contribution in [0.25, 0.3) is 0 Å². The molecule has 0 radical (unpaired) electrons. The first-order valence-corrected chi connectivity index (χ1v) is 8.68. The Hall–Kier alpha value is -3.26. The minimum Gasteiger partial charge on any atom is -0.322 e. The second-order valence-corrected chi connectivity index (χ2v) is 6.58. The van der Waals surface area contributed by atoms with E-state index < -0.39 is 16.6 Å². The Morgan fingerprint density at radius 2 is 2.00 bits per heavy atom. The molecule has 0 saturated carbocycles. The summed E-state index contributed by atoms with van der Waals surface area (Å²) in [4.78, 5) is 23.4. The number of anilines is 1. The zero-order valence-electron chi connectivity index (χ0n) is 15.1. The van der Waals surface area contributed by atoms with Crippen LogP contribution in [0.5, 0.6) is 0 Å². The summed E-state index contributed by atoms with van der Waals surface area (Å²) in [6.07, 6.45) is 0. The number of rotatable bonds is 5. The van der Waals surface area contributed by atoms with E-state index in [9.17, 15) is 19.3 Å². The quantitative estimate of drug-likeness (QED) is 0.502. The number of nitro groups is 1. The Morgan fingerprint density at radius 1 is 1.29 bits per heavy atom. The molecule has 0 atom stereocenters. The van der Waals surface area contributed by atoms with Crippen LogP contribution in [0.4, 0.5) is 15.8 Å². The van der Waals surface area contributed by atoms with Gasteiger partial charge in [0, 0.05) is 11.3 Å². The summed E-state index contributed by atoms with van der Waals surface area (Å²) >= 11 is 5.75. The van der Waals surface area contributed by atoms with Crippen LogP contribution in [0.15, 0.2) is 42.5 Å². The highest BCUT2D eigenvalue weighted by molar-refractivity contribution is 6.31. The van der Waals surface area contributed by atoms with Crippen LogP contribution in [-0.4, -0.2) is 20.6 Å². The third kappa shape index (κ3) is 3.86. The van der Waals surface area contributed by atoms with E-state index in [2.05, 4.69) is 10.4 Å². The first kappa shape index (κ1) is 19.5. The van der Waals surface area contributed by atoms with E-state index in [0.717, 1.165) is 0 Å². The first-order valence-electron chi connectivity index (χ1n) is 8.30. The van der Waals surface area contributed by atoms with Crippen molar-refractivity contribution in [3.05, 3.63) is 85.9 Å². The summed E-state index contributed by atoms with van der Waals surface area (Å²) in [5, 5.41) is 18.0. The normalized spacial score (nSPS) is 10.7. The molecule has 0 spiro atoms. The van der Waals surface area contributed by atoms with Crippen molar-refractivity contribution in [3.63, 3.8) is 0 Å². The largest absolute Gasteiger partial charge is 0.322 e. The maximum absolute atomic E-state index is 13.3. The second kappa shape index (κ2) is 7.77. The van der Waals surface area contributed by atoms with Crippen LogP contribution >= 0.6 is 11.6 Å². The molecular weight excluding hydrogens is 387 g/mol. The van der Waals surface area contributed by atoms with Crippen LogP contribution in [0.2, 0.25) is 5.02 Å². The van der Waals surface area contributed by atoms with Gasteiger partial charge in [-0.3, -0.25) is 19.6 Å². The number of amides is 1. The number of aromatic nitrogens is 2. The van der Waals surface area contributed by atoms with Gasteiger partial charge in [0.2, 0.25) is 0 Å². The minimum atomic E-state index is -0.578. The number of aryl methyl sites for hydroxylation is 1. The molecule has 2 aromatic carbocycles. The van der Waals surface area contributed by atoms with Crippen LogP contribution in [0.1, 0.15) is 27.3 Å². The number of hydrogen-bond donors (Lipinski definition) is 1. The van der Waals surface area contributed by atoms with E-state index in [1.54, 1.807) is 38.1 Å². The molecule has 0 aliphatic carbocycles. The summed E-state index contributed by atoms with van der Waals surface area (Å²) in [6, 6.07) is 10.7. The summed E-state index contributed by atoms with van der Waals surface area (Å²) in [5.74, 6) is -0.986. The van der Waals surface area contributed by atoms with Crippen LogP contribution in [0.3, 0.4) is 0 Å². The molecule has 0 bridgehead atoms. The lowest BCUT2D eigenvalue weighted by Crippen LogP contribution is -2.16. The van der Waals surface area contributed by atoms with E-state index in [-0.39, 0.29) is 17.3 Å². The summed E-state index contributed by atoms with van der Waals surface area (Å²) < 4.78 is 14.8. The molecule has 1 N–H and O–H groups in total. The van der Waals surface area contributed by atoms with Crippen molar-refractivity contribution in [2.24, 2.45) is 0 Å². The van der Waals surface area contributed by atoms with E-state index in [1.807, 2.05) is 0 Å². The van der Waals surface area contributed by atoms with Gasteiger partial charge in [-0.1, -0.05) is 29.8 Å². The molecule has 0 unspecified atom stereocenters. The fourth-order valence-corrected chi connectivity index (χ4v) is 3.10. The molecule has 0 aliphatic heterocycles. The maximum atomic E-state index is 13.3. The molecule has 1 heterocycles. The third-order valence-corrected chi connectivity index (χ3v) is 4.58. The summed E-state index contributed by atoms with van der Waals surface area (Å²) in [6.45, 7) is 3.37. The molecule has 9 heteroatoms. The third-order valence-electron chi connectivity index (χ3n) is 4.29. The van der Waals surface area contributed by atoms with Gasteiger partial charge in [0.05, 0.1) is 16.5 Å². The smallest absolute Gasteiger partial charge is 0.312 e. The van der Waals surface area contributed by atoms with Gasteiger partial charge >= 0.3 is 5.69 Å².